The van der Waals surface area contributed by atoms with Crippen molar-refractivity contribution < 1.29 is 9.59 Å². The standard InChI is InChI=1S/C18H21N3O2S/c1-12(22)19-10-2-3-13-4-6-14(7-5-13)16-11-24-18(20-16)21-17(23)15-8-9-15/h4-7,11,15H,2-3,8-10H2,1H3,(H,19,22)(H,20,21,23). The molecule has 0 radical (unpaired) electrons. The van der Waals surface area contributed by atoms with E-state index < -0.39 is 0 Å². The minimum Gasteiger partial charge on any atom is -0.356 e. The van der Waals surface area contributed by atoms with E-state index in [1.165, 1.54) is 23.8 Å². The molecule has 5 nitrogen and oxygen atoms in total. The van der Waals surface area contributed by atoms with E-state index in [1.807, 2.05) is 5.38 Å². The molecule has 1 aromatic carbocycles. The first kappa shape index (κ1) is 16.6. The SMILES string of the molecule is CC(=O)NCCCc1ccc(-c2csc(NC(=O)C3CC3)n2)cc1. The third-order valence-corrected chi connectivity index (χ3v) is 4.71. The number of carbonyl (C=O) groups excluding carboxylic acids is 2. The predicted octanol–water partition coefficient (Wildman–Crippen LogP) is 3.23. The van der Waals surface area contributed by atoms with Crippen LogP contribution in [0, 0.1) is 5.92 Å². The van der Waals surface area contributed by atoms with Gasteiger partial charge in [-0.15, -0.1) is 11.3 Å². The number of anilines is 1. The van der Waals surface area contributed by atoms with Crippen LogP contribution < -0.4 is 10.6 Å². The van der Waals surface area contributed by atoms with Crippen molar-refractivity contribution in [1.82, 2.24) is 10.3 Å². The normalized spacial score (nSPS) is 13.5. The minimum atomic E-state index is 0.0125. The van der Waals surface area contributed by atoms with Crippen molar-refractivity contribution in [3.05, 3.63) is 35.2 Å². The Morgan fingerprint density at radius 2 is 2.00 bits per heavy atom. The Balaban J connectivity index is 1.54. The molecule has 0 atom stereocenters. The number of nitrogens with zero attached hydrogens (tertiary/aromatic N) is 1. The average Bonchev–Trinajstić information content (AvgIpc) is 3.32. The van der Waals surface area contributed by atoms with Gasteiger partial charge in [-0.25, -0.2) is 4.98 Å². The lowest BCUT2D eigenvalue weighted by Gasteiger charge is -2.04. The summed E-state index contributed by atoms with van der Waals surface area (Å²) < 4.78 is 0. The maximum atomic E-state index is 11.8. The van der Waals surface area contributed by atoms with Crippen LogP contribution in [0.2, 0.25) is 0 Å². The van der Waals surface area contributed by atoms with Gasteiger partial charge in [0.05, 0.1) is 5.69 Å². The van der Waals surface area contributed by atoms with Crippen molar-refractivity contribution in [2.24, 2.45) is 5.92 Å². The van der Waals surface area contributed by atoms with Crippen molar-refractivity contribution in [2.45, 2.75) is 32.6 Å². The summed E-state index contributed by atoms with van der Waals surface area (Å²) >= 11 is 1.46. The van der Waals surface area contributed by atoms with Gasteiger partial charge in [0.15, 0.2) is 5.13 Å². The van der Waals surface area contributed by atoms with E-state index in [0.717, 1.165) is 36.9 Å². The fraction of sp³-hybridized carbons (Fsp3) is 0.389. The van der Waals surface area contributed by atoms with Crippen molar-refractivity contribution >= 4 is 28.3 Å². The van der Waals surface area contributed by atoms with Gasteiger partial charge in [0.2, 0.25) is 11.8 Å². The summed E-state index contributed by atoms with van der Waals surface area (Å²) in [6.45, 7) is 2.23. The zero-order valence-corrected chi connectivity index (χ0v) is 14.5. The molecule has 0 saturated heterocycles. The van der Waals surface area contributed by atoms with E-state index >= 15 is 0 Å². The number of aryl methyl sites for hydroxylation is 1. The molecule has 0 bridgehead atoms. The lowest BCUT2D eigenvalue weighted by atomic mass is 10.1. The highest BCUT2D eigenvalue weighted by atomic mass is 32.1. The Labute approximate surface area is 145 Å². The molecule has 1 aliphatic carbocycles. The molecule has 0 spiro atoms. The highest BCUT2D eigenvalue weighted by molar-refractivity contribution is 7.14. The molecular weight excluding hydrogens is 322 g/mol. The monoisotopic (exact) mass is 343 g/mol. The molecule has 6 heteroatoms. The van der Waals surface area contributed by atoms with Gasteiger partial charge >= 0.3 is 0 Å². The maximum Gasteiger partial charge on any atom is 0.229 e. The summed E-state index contributed by atoms with van der Waals surface area (Å²) in [6.07, 6.45) is 3.84. The minimum absolute atomic E-state index is 0.0125. The van der Waals surface area contributed by atoms with Gasteiger partial charge in [-0.2, -0.15) is 0 Å². The molecule has 1 aromatic heterocycles. The van der Waals surface area contributed by atoms with Crippen LogP contribution in [-0.2, 0) is 16.0 Å². The molecular formula is C18H21N3O2S. The van der Waals surface area contributed by atoms with Gasteiger partial charge in [0.25, 0.3) is 0 Å². The van der Waals surface area contributed by atoms with Gasteiger partial charge in [0, 0.05) is 30.3 Å². The summed E-state index contributed by atoms with van der Waals surface area (Å²) in [5.74, 6) is 0.290. The summed E-state index contributed by atoms with van der Waals surface area (Å²) in [5.41, 5.74) is 3.17. The molecule has 24 heavy (non-hydrogen) atoms. The fourth-order valence-corrected chi connectivity index (χ4v) is 3.14. The van der Waals surface area contributed by atoms with E-state index in [0.29, 0.717) is 11.7 Å². The van der Waals surface area contributed by atoms with Crippen molar-refractivity contribution in [2.75, 3.05) is 11.9 Å². The summed E-state index contributed by atoms with van der Waals surface area (Å²) in [7, 11) is 0. The van der Waals surface area contributed by atoms with E-state index in [2.05, 4.69) is 39.9 Å². The van der Waals surface area contributed by atoms with Crippen LogP contribution in [0.15, 0.2) is 29.6 Å². The lowest BCUT2D eigenvalue weighted by molar-refractivity contribution is -0.119. The zero-order chi connectivity index (χ0) is 16.9. The summed E-state index contributed by atoms with van der Waals surface area (Å²) in [4.78, 5) is 27.1. The Morgan fingerprint density at radius 3 is 2.67 bits per heavy atom. The molecule has 2 aromatic rings. The second-order valence-electron chi connectivity index (χ2n) is 6.08. The number of hydrogen-bond donors (Lipinski definition) is 2. The van der Waals surface area contributed by atoms with E-state index in [1.54, 1.807) is 0 Å². The smallest absolute Gasteiger partial charge is 0.229 e. The number of rotatable bonds is 7. The summed E-state index contributed by atoms with van der Waals surface area (Å²) in [6, 6.07) is 8.28. The lowest BCUT2D eigenvalue weighted by Crippen LogP contribution is -2.21. The van der Waals surface area contributed by atoms with Gasteiger partial charge in [0.1, 0.15) is 0 Å². The Kier molecular flexibility index (Phi) is 5.25. The first-order chi connectivity index (χ1) is 11.6. The van der Waals surface area contributed by atoms with Gasteiger partial charge in [-0.05, 0) is 31.2 Å². The second-order valence-corrected chi connectivity index (χ2v) is 6.94. The molecule has 126 valence electrons. The summed E-state index contributed by atoms with van der Waals surface area (Å²) in [5, 5.41) is 8.32. The number of thiazole rings is 1. The molecule has 3 rings (SSSR count). The van der Waals surface area contributed by atoms with Crippen LogP contribution in [0.4, 0.5) is 5.13 Å². The molecule has 2 amide bonds. The predicted molar refractivity (Wildman–Crippen MR) is 95.9 cm³/mol. The van der Waals surface area contributed by atoms with Gasteiger partial charge in [-0.1, -0.05) is 24.3 Å². The second kappa shape index (κ2) is 7.57. The highest BCUT2D eigenvalue weighted by Gasteiger charge is 2.30. The van der Waals surface area contributed by atoms with Gasteiger partial charge in [-0.3, -0.25) is 9.59 Å². The number of carbonyl (C=O) groups is 2. The van der Waals surface area contributed by atoms with Crippen molar-refractivity contribution in [3.8, 4) is 11.3 Å². The number of amides is 2. The zero-order valence-electron chi connectivity index (χ0n) is 13.7. The van der Waals surface area contributed by atoms with Crippen LogP contribution >= 0.6 is 11.3 Å². The quantitative estimate of drug-likeness (QED) is 0.758. The van der Waals surface area contributed by atoms with Crippen LogP contribution in [0.5, 0.6) is 0 Å². The number of nitrogens with one attached hydrogen (secondary N) is 2. The third kappa shape index (κ3) is 4.64. The number of benzene rings is 1. The first-order valence-corrected chi connectivity index (χ1v) is 9.10. The largest absolute Gasteiger partial charge is 0.356 e. The van der Waals surface area contributed by atoms with Crippen LogP contribution in [0.3, 0.4) is 0 Å². The van der Waals surface area contributed by atoms with E-state index in [-0.39, 0.29) is 17.7 Å². The third-order valence-electron chi connectivity index (χ3n) is 3.95. The number of aromatic nitrogens is 1. The molecule has 2 N–H and O–H groups in total. The Morgan fingerprint density at radius 1 is 1.25 bits per heavy atom. The number of hydrogen-bond acceptors (Lipinski definition) is 4. The molecule has 1 saturated carbocycles. The van der Waals surface area contributed by atoms with E-state index in [9.17, 15) is 9.59 Å². The average molecular weight is 343 g/mol. The van der Waals surface area contributed by atoms with Crippen LogP contribution in [0.1, 0.15) is 31.7 Å². The van der Waals surface area contributed by atoms with Crippen LogP contribution in [-0.4, -0.2) is 23.3 Å². The van der Waals surface area contributed by atoms with Crippen LogP contribution in [0.25, 0.3) is 11.3 Å². The highest BCUT2D eigenvalue weighted by Crippen LogP contribution is 2.31. The molecule has 0 unspecified atom stereocenters. The molecule has 1 aliphatic rings. The molecule has 0 aliphatic heterocycles. The first-order valence-electron chi connectivity index (χ1n) is 8.22. The topological polar surface area (TPSA) is 71.1 Å². The molecule has 1 heterocycles. The Bertz CT molecular complexity index is 720. The van der Waals surface area contributed by atoms with E-state index in [4.69, 9.17) is 0 Å². The fourth-order valence-electron chi connectivity index (χ4n) is 2.42. The van der Waals surface area contributed by atoms with Gasteiger partial charge < -0.3 is 10.6 Å². The Hall–Kier alpha value is -2.21. The molecule has 1 fully saturated rings. The maximum absolute atomic E-state index is 11.8. The van der Waals surface area contributed by atoms with Crippen molar-refractivity contribution in [1.29, 1.82) is 0 Å². The van der Waals surface area contributed by atoms with Crippen molar-refractivity contribution in [3.63, 3.8) is 0 Å².